The normalized spacial score (nSPS) is 10.9. The molecule has 0 atom stereocenters. The van der Waals surface area contributed by atoms with Gasteiger partial charge in [-0.05, 0) is 36.2 Å². The fraction of sp³-hybridized carbons (Fsp3) is 0.0625. The minimum atomic E-state index is -3.83. The van der Waals surface area contributed by atoms with Crippen molar-refractivity contribution < 1.29 is 8.42 Å². The maximum absolute atomic E-state index is 12.6. The van der Waals surface area contributed by atoms with Crippen molar-refractivity contribution in [3.05, 3.63) is 64.2 Å². The molecule has 9 heteroatoms. The van der Waals surface area contributed by atoms with Gasteiger partial charge in [0.15, 0.2) is 0 Å². The Balaban J connectivity index is 2.03. The predicted molar refractivity (Wildman–Crippen MR) is 93.8 cm³/mol. The lowest BCUT2D eigenvalue weighted by Gasteiger charge is -2.10. The molecule has 0 radical (unpaired) electrons. The number of benzene rings is 2. The number of nitrogens with one attached hydrogen (secondary N) is 2. The van der Waals surface area contributed by atoms with Gasteiger partial charge in [0.2, 0.25) is 0 Å². The minimum Gasteiger partial charge on any atom is -0.358 e. The lowest BCUT2D eigenvalue weighted by atomic mass is 10.1. The van der Waals surface area contributed by atoms with Crippen LogP contribution >= 0.6 is 0 Å². The minimum absolute atomic E-state index is 0.0326. The molecule has 1 aromatic heterocycles. The van der Waals surface area contributed by atoms with E-state index in [2.05, 4.69) is 25.8 Å². The topological polar surface area (TPSA) is 135 Å². The number of H-pyrrole nitrogens is 1. The first-order valence-corrected chi connectivity index (χ1v) is 8.63. The van der Waals surface area contributed by atoms with Gasteiger partial charge in [-0.3, -0.25) is 4.72 Å². The molecule has 2 N–H and O–H groups in total. The Bertz CT molecular complexity index is 1150. The number of sulfonamides is 1. The molecule has 0 aliphatic heterocycles. The molecule has 3 rings (SSSR count). The Morgan fingerprint density at radius 3 is 2.60 bits per heavy atom. The second-order valence-electron chi connectivity index (χ2n) is 5.28. The van der Waals surface area contributed by atoms with E-state index in [-0.39, 0.29) is 4.90 Å². The number of hydrogen-bond acceptors (Lipinski definition) is 4. The van der Waals surface area contributed by atoms with Gasteiger partial charge in [-0.2, -0.15) is 5.26 Å². The molecule has 1 heterocycles. The SMILES string of the molecule is Cc1ccc(NS(=O)(=O)c2ccc(N=[N+]=[N-])cc2)c2[nH]cc(C#N)c12. The third kappa shape index (κ3) is 2.99. The molecule has 0 aliphatic carbocycles. The summed E-state index contributed by atoms with van der Waals surface area (Å²) in [5.74, 6) is 0. The predicted octanol–water partition coefficient (Wildman–Crippen LogP) is 4.09. The van der Waals surface area contributed by atoms with Gasteiger partial charge in [0.05, 0.1) is 21.7 Å². The van der Waals surface area contributed by atoms with Crippen molar-refractivity contribution in [2.45, 2.75) is 11.8 Å². The first-order valence-electron chi connectivity index (χ1n) is 7.15. The highest BCUT2D eigenvalue weighted by atomic mass is 32.2. The van der Waals surface area contributed by atoms with E-state index in [0.717, 1.165) is 5.56 Å². The van der Waals surface area contributed by atoms with Crippen molar-refractivity contribution in [1.29, 1.82) is 5.26 Å². The van der Waals surface area contributed by atoms with Gasteiger partial charge < -0.3 is 4.98 Å². The standard InChI is InChI=1S/C16H12N6O2S/c1-10-2-7-14(16-15(10)11(8-17)9-19-16)21-25(23,24)13-5-3-12(4-6-13)20-22-18/h2-7,9,19,21H,1H3. The van der Waals surface area contributed by atoms with Gasteiger partial charge in [0.25, 0.3) is 10.0 Å². The first-order chi connectivity index (χ1) is 12.0. The molecule has 0 fully saturated rings. The molecule has 124 valence electrons. The average molecular weight is 352 g/mol. The van der Waals surface area contributed by atoms with E-state index in [1.165, 1.54) is 24.3 Å². The fourth-order valence-electron chi connectivity index (χ4n) is 2.54. The summed E-state index contributed by atoms with van der Waals surface area (Å²) in [6.45, 7) is 1.85. The van der Waals surface area contributed by atoms with Gasteiger partial charge in [-0.1, -0.05) is 23.3 Å². The highest BCUT2D eigenvalue weighted by Gasteiger charge is 2.17. The molecule has 8 nitrogen and oxygen atoms in total. The maximum Gasteiger partial charge on any atom is 0.261 e. The molecular weight excluding hydrogens is 340 g/mol. The van der Waals surface area contributed by atoms with Crippen molar-refractivity contribution in [3.8, 4) is 6.07 Å². The van der Waals surface area contributed by atoms with E-state index in [0.29, 0.717) is 27.8 Å². The molecule has 0 unspecified atom stereocenters. The number of anilines is 1. The van der Waals surface area contributed by atoms with Gasteiger partial charge >= 0.3 is 0 Å². The quantitative estimate of drug-likeness (QED) is 0.416. The molecule has 0 bridgehead atoms. The molecule has 0 aliphatic rings. The first kappa shape index (κ1) is 16.4. The third-order valence-electron chi connectivity index (χ3n) is 3.72. The van der Waals surface area contributed by atoms with Crippen molar-refractivity contribution in [3.63, 3.8) is 0 Å². The zero-order valence-corrected chi connectivity index (χ0v) is 13.9. The summed E-state index contributed by atoms with van der Waals surface area (Å²) in [5, 5.41) is 13.3. The largest absolute Gasteiger partial charge is 0.358 e. The summed E-state index contributed by atoms with van der Waals surface area (Å²) in [6.07, 6.45) is 1.55. The van der Waals surface area contributed by atoms with Gasteiger partial charge in [0, 0.05) is 22.2 Å². The Labute approximate surface area is 143 Å². The maximum atomic E-state index is 12.6. The van der Waals surface area contributed by atoms with E-state index < -0.39 is 10.0 Å². The summed E-state index contributed by atoms with van der Waals surface area (Å²) in [5.41, 5.74) is 10.9. The second-order valence-corrected chi connectivity index (χ2v) is 6.97. The average Bonchev–Trinajstić information content (AvgIpc) is 3.03. The zero-order chi connectivity index (χ0) is 18.0. The van der Waals surface area contributed by atoms with E-state index in [1.807, 2.05) is 6.92 Å². The van der Waals surface area contributed by atoms with Crippen LogP contribution in [0.1, 0.15) is 11.1 Å². The van der Waals surface area contributed by atoms with Gasteiger partial charge in [-0.25, -0.2) is 8.42 Å². The highest BCUT2D eigenvalue weighted by Crippen LogP contribution is 2.30. The molecule has 0 saturated heterocycles. The van der Waals surface area contributed by atoms with Crippen molar-refractivity contribution >= 4 is 32.3 Å². The monoisotopic (exact) mass is 352 g/mol. The molecule has 0 saturated carbocycles. The Morgan fingerprint density at radius 1 is 1.24 bits per heavy atom. The number of nitrogens with zero attached hydrogens (tertiary/aromatic N) is 4. The van der Waals surface area contributed by atoms with E-state index in [1.54, 1.807) is 18.3 Å². The van der Waals surface area contributed by atoms with Crippen LogP contribution in [0.3, 0.4) is 0 Å². The summed E-state index contributed by atoms with van der Waals surface area (Å²) in [6, 6.07) is 11.0. The van der Waals surface area contributed by atoms with E-state index >= 15 is 0 Å². The van der Waals surface area contributed by atoms with Gasteiger partial charge in [-0.15, -0.1) is 0 Å². The van der Waals surface area contributed by atoms with Crippen LogP contribution in [0.15, 0.2) is 52.6 Å². The highest BCUT2D eigenvalue weighted by molar-refractivity contribution is 7.92. The number of fused-ring (bicyclic) bond motifs is 1. The molecule has 0 amide bonds. The molecule has 0 spiro atoms. The lowest BCUT2D eigenvalue weighted by Crippen LogP contribution is -2.13. The molecule has 2 aromatic carbocycles. The Kier molecular flexibility index (Phi) is 4.07. The molecule has 25 heavy (non-hydrogen) atoms. The summed E-state index contributed by atoms with van der Waals surface area (Å²) in [7, 11) is -3.83. The smallest absolute Gasteiger partial charge is 0.261 e. The Morgan fingerprint density at radius 2 is 1.96 bits per heavy atom. The number of hydrogen-bond donors (Lipinski definition) is 2. The van der Waals surface area contributed by atoms with Crippen LogP contribution in [0.4, 0.5) is 11.4 Å². The second kappa shape index (κ2) is 6.20. The third-order valence-corrected chi connectivity index (χ3v) is 5.10. The number of azide groups is 1. The number of aromatic nitrogens is 1. The fourth-order valence-corrected chi connectivity index (χ4v) is 3.61. The van der Waals surface area contributed by atoms with E-state index in [4.69, 9.17) is 5.53 Å². The Hall–Kier alpha value is -3.47. The lowest BCUT2D eigenvalue weighted by molar-refractivity contribution is 0.601. The van der Waals surface area contributed by atoms with Crippen LogP contribution in [0.2, 0.25) is 0 Å². The number of nitriles is 1. The summed E-state index contributed by atoms with van der Waals surface area (Å²) < 4.78 is 27.7. The van der Waals surface area contributed by atoms with Crippen LogP contribution in [-0.4, -0.2) is 13.4 Å². The van der Waals surface area contributed by atoms with Crippen LogP contribution in [0, 0.1) is 18.3 Å². The number of rotatable bonds is 4. The number of aromatic amines is 1. The zero-order valence-electron chi connectivity index (χ0n) is 13.1. The van der Waals surface area contributed by atoms with Crippen LogP contribution in [0.25, 0.3) is 21.3 Å². The van der Waals surface area contributed by atoms with Crippen molar-refractivity contribution in [2.75, 3.05) is 4.72 Å². The molecular formula is C16H12N6O2S. The summed E-state index contributed by atoms with van der Waals surface area (Å²) in [4.78, 5) is 5.62. The number of aryl methyl sites for hydroxylation is 1. The molecule has 3 aromatic rings. The van der Waals surface area contributed by atoms with Crippen molar-refractivity contribution in [2.24, 2.45) is 5.11 Å². The van der Waals surface area contributed by atoms with Crippen molar-refractivity contribution in [1.82, 2.24) is 4.98 Å². The van der Waals surface area contributed by atoms with Gasteiger partial charge in [0.1, 0.15) is 6.07 Å². The van der Waals surface area contributed by atoms with Crippen LogP contribution in [-0.2, 0) is 10.0 Å². The van der Waals surface area contributed by atoms with Crippen LogP contribution in [0.5, 0.6) is 0 Å². The summed E-state index contributed by atoms with van der Waals surface area (Å²) >= 11 is 0. The van der Waals surface area contributed by atoms with Crippen LogP contribution < -0.4 is 4.72 Å². The van der Waals surface area contributed by atoms with E-state index in [9.17, 15) is 13.7 Å².